The summed E-state index contributed by atoms with van der Waals surface area (Å²) in [5.41, 5.74) is -0.155. The largest absolute Gasteiger partial charge is 0.460 e. The molecule has 24 heavy (non-hydrogen) atoms. The van der Waals surface area contributed by atoms with E-state index >= 15 is 0 Å². The molecule has 2 aromatic carbocycles. The quantitative estimate of drug-likeness (QED) is 0.839. The summed E-state index contributed by atoms with van der Waals surface area (Å²) in [5, 5.41) is 13.1. The van der Waals surface area contributed by atoms with Gasteiger partial charge in [0.2, 0.25) is 0 Å². The van der Waals surface area contributed by atoms with Crippen LogP contribution in [-0.2, 0) is 9.47 Å². The summed E-state index contributed by atoms with van der Waals surface area (Å²) in [7, 11) is 0. The molecule has 2 aromatic rings. The number of esters is 1. The van der Waals surface area contributed by atoms with Crippen molar-refractivity contribution in [3.05, 3.63) is 42.0 Å². The van der Waals surface area contributed by atoms with E-state index < -0.39 is 17.7 Å². The number of hydrogen-bond acceptors (Lipinski definition) is 5. The van der Waals surface area contributed by atoms with Crippen molar-refractivity contribution in [3.63, 3.8) is 0 Å². The molecule has 0 aromatic heterocycles. The van der Waals surface area contributed by atoms with Crippen molar-refractivity contribution in [2.45, 2.75) is 26.4 Å². The van der Waals surface area contributed by atoms with Crippen LogP contribution in [0.1, 0.15) is 31.1 Å². The van der Waals surface area contributed by atoms with Crippen LogP contribution in [-0.4, -0.2) is 36.0 Å². The highest BCUT2D eigenvalue weighted by molar-refractivity contribution is 6.04. The van der Waals surface area contributed by atoms with Gasteiger partial charge in [0.25, 0.3) is 0 Å². The second kappa shape index (κ2) is 7.31. The first-order chi connectivity index (χ1) is 11.3. The van der Waals surface area contributed by atoms with Gasteiger partial charge in [-0.1, -0.05) is 24.3 Å². The summed E-state index contributed by atoms with van der Waals surface area (Å²) >= 11 is 0. The maximum atomic E-state index is 12.2. The minimum Gasteiger partial charge on any atom is -0.460 e. The van der Waals surface area contributed by atoms with E-state index in [9.17, 15) is 9.59 Å². The van der Waals surface area contributed by atoms with Crippen molar-refractivity contribution in [2.75, 3.05) is 18.5 Å². The zero-order valence-electron chi connectivity index (χ0n) is 14.0. The van der Waals surface area contributed by atoms with Gasteiger partial charge >= 0.3 is 12.1 Å². The summed E-state index contributed by atoms with van der Waals surface area (Å²) in [6.07, 6.45) is -0.658. The maximum Gasteiger partial charge on any atom is 0.412 e. The summed E-state index contributed by atoms with van der Waals surface area (Å²) < 4.78 is 10.2. The number of carbonyl (C=O) groups is 2. The normalized spacial score (nSPS) is 11.2. The Morgan fingerprint density at radius 1 is 1.12 bits per heavy atom. The molecule has 0 spiro atoms. The topological polar surface area (TPSA) is 84.9 Å². The molecule has 0 saturated carbocycles. The predicted molar refractivity (Wildman–Crippen MR) is 91.2 cm³/mol. The van der Waals surface area contributed by atoms with Crippen LogP contribution in [0.5, 0.6) is 0 Å². The van der Waals surface area contributed by atoms with E-state index in [0.717, 1.165) is 10.8 Å². The van der Waals surface area contributed by atoms with Crippen LogP contribution < -0.4 is 5.32 Å². The predicted octanol–water partition coefficient (Wildman–Crippen LogP) is 3.34. The minimum absolute atomic E-state index is 0.114. The number of nitrogens with one attached hydrogen (secondary N) is 1. The van der Waals surface area contributed by atoms with Crippen LogP contribution in [0, 0.1) is 0 Å². The maximum absolute atomic E-state index is 12.2. The summed E-state index contributed by atoms with van der Waals surface area (Å²) in [6, 6.07) is 10.8. The average molecular weight is 331 g/mol. The zero-order chi connectivity index (χ0) is 17.7. The molecule has 128 valence electrons. The summed E-state index contributed by atoms with van der Waals surface area (Å²) in [5.74, 6) is -0.624. The Kier molecular flexibility index (Phi) is 5.41. The second-order valence-corrected chi connectivity index (χ2v) is 6.23. The lowest BCUT2D eigenvalue weighted by Gasteiger charge is -2.20. The number of fused-ring (bicyclic) bond motifs is 1. The van der Waals surface area contributed by atoms with Crippen LogP contribution >= 0.6 is 0 Å². The van der Waals surface area contributed by atoms with Crippen molar-refractivity contribution in [1.29, 1.82) is 0 Å². The lowest BCUT2D eigenvalue weighted by Crippen LogP contribution is -2.28. The van der Waals surface area contributed by atoms with Gasteiger partial charge in [-0.25, -0.2) is 9.59 Å². The molecule has 2 rings (SSSR count). The Balaban J connectivity index is 2.37. The van der Waals surface area contributed by atoms with Crippen LogP contribution in [0.2, 0.25) is 0 Å². The van der Waals surface area contributed by atoms with E-state index in [1.165, 1.54) is 0 Å². The molecule has 2 N–H and O–H groups in total. The summed E-state index contributed by atoms with van der Waals surface area (Å²) in [6.45, 7) is 4.88. The molecule has 0 aliphatic carbocycles. The van der Waals surface area contributed by atoms with Crippen molar-refractivity contribution in [3.8, 4) is 0 Å². The zero-order valence-corrected chi connectivity index (χ0v) is 14.0. The van der Waals surface area contributed by atoms with Gasteiger partial charge in [0.05, 0.1) is 17.9 Å². The highest BCUT2D eigenvalue weighted by atomic mass is 16.6. The number of carbonyl (C=O) groups excluding carboxylic acids is 2. The van der Waals surface area contributed by atoms with E-state index in [-0.39, 0.29) is 18.8 Å². The van der Waals surface area contributed by atoms with Crippen LogP contribution in [0.3, 0.4) is 0 Å². The van der Waals surface area contributed by atoms with Gasteiger partial charge in [0, 0.05) is 0 Å². The average Bonchev–Trinajstić information content (AvgIpc) is 2.50. The monoisotopic (exact) mass is 331 g/mol. The Morgan fingerprint density at radius 3 is 2.33 bits per heavy atom. The van der Waals surface area contributed by atoms with Gasteiger partial charge in [0.15, 0.2) is 0 Å². The molecule has 1 amide bonds. The second-order valence-electron chi connectivity index (χ2n) is 6.23. The number of hydrogen-bond donors (Lipinski definition) is 2. The summed E-state index contributed by atoms with van der Waals surface area (Å²) in [4.78, 5) is 24.2. The van der Waals surface area contributed by atoms with Crippen molar-refractivity contribution in [1.82, 2.24) is 0 Å². The van der Waals surface area contributed by atoms with E-state index in [1.54, 1.807) is 32.9 Å². The number of aliphatic hydroxyl groups excluding tert-OH is 1. The lowest BCUT2D eigenvalue weighted by atomic mass is 10.0. The molecule has 0 bridgehead atoms. The van der Waals surface area contributed by atoms with Gasteiger partial charge in [-0.2, -0.15) is 0 Å². The van der Waals surface area contributed by atoms with Crippen LogP contribution in [0.15, 0.2) is 36.4 Å². The molecule has 0 fully saturated rings. The minimum atomic E-state index is -0.658. The molecule has 0 radical (unpaired) electrons. The number of ether oxygens (including phenoxy) is 2. The third-order valence-corrected chi connectivity index (χ3v) is 3.07. The van der Waals surface area contributed by atoms with E-state index in [4.69, 9.17) is 14.6 Å². The van der Waals surface area contributed by atoms with E-state index in [2.05, 4.69) is 5.32 Å². The first-order valence-electron chi connectivity index (χ1n) is 7.61. The molecule has 0 heterocycles. The molecular formula is C18H21NO5. The first kappa shape index (κ1) is 17.7. The van der Waals surface area contributed by atoms with Gasteiger partial charge in [-0.3, -0.25) is 5.32 Å². The Morgan fingerprint density at radius 2 is 1.75 bits per heavy atom. The number of benzene rings is 2. The Bertz CT molecular complexity index is 749. The molecule has 0 atom stereocenters. The van der Waals surface area contributed by atoms with Crippen LogP contribution in [0.4, 0.5) is 10.5 Å². The fraction of sp³-hybridized carbons (Fsp3) is 0.333. The molecule has 0 aliphatic heterocycles. The first-order valence-corrected chi connectivity index (χ1v) is 7.61. The number of aliphatic hydroxyl groups is 1. The van der Waals surface area contributed by atoms with Crippen molar-refractivity contribution in [2.24, 2.45) is 0 Å². The smallest absolute Gasteiger partial charge is 0.412 e. The standard InChI is InChI=1S/C18H21NO5/c1-18(2,3)24-17(22)19-15-11-13-7-5-4-6-12(13)10-14(15)16(21)23-9-8-20/h4-7,10-11,20H,8-9H2,1-3H3,(H,19,22). The molecule has 6 nitrogen and oxygen atoms in total. The third kappa shape index (κ3) is 4.70. The fourth-order valence-electron chi connectivity index (χ4n) is 2.14. The lowest BCUT2D eigenvalue weighted by molar-refractivity contribution is 0.0435. The number of rotatable bonds is 4. The van der Waals surface area contributed by atoms with E-state index in [1.807, 2.05) is 24.3 Å². The number of anilines is 1. The van der Waals surface area contributed by atoms with Gasteiger partial charge in [-0.15, -0.1) is 0 Å². The molecule has 6 heteroatoms. The van der Waals surface area contributed by atoms with Gasteiger partial charge < -0.3 is 14.6 Å². The van der Waals surface area contributed by atoms with Crippen molar-refractivity contribution >= 4 is 28.5 Å². The molecule has 0 saturated heterocycles. The van der Waals surface area contributed by atoms with Gasteiger partial charge in [0.1, 0.15) is 12.2 Å². The highest BCUT2D eigenvalue weighted by Crippen LogP contribution is 2.25. The van der Waals surface area contributed by atoms with Gasteiger partial charge in [-0.05, 0) is 43.7 Å². The SMILES string of the molecule is CC(C)(C)OC(=O)Nc1cc2ccccc2cc1C(=O)OCCO. The molecule has 0 aliphatic rings. The van der Waals surface area contributed by atoms with E-state index in [0.29, 0.717) is 5.69 Å². The highest BCUT2D eigenvalue weighted by Gasteiger charge is 2.20. The Hall–Kier alpha value is -2.60. The number of amides is 1. The fourth-order valence-corrected chi connectivity index (χ4v) is 2.14. The molecular weight excluding hydrogens is 310 g/mol. The van der Waals surface area contributed by atoms with Crippen LogP contribution in [0.25, 0.3) is 10.8 Å². The third-order valence-electron chi connectivity index (χ3n) is 3.07. The molecule has 0 unspecified atom stereocenters. The van der Waals surface area contributed by atoms with Crippen molar-refractivity contribution < 1.29 is 24.2 Å². The Labute approximate surface area is 140 Å².